The molecule has 0 aliphatic rings. The van der Waals surface area contributed by atoms with Gasteiger partial charge in [0.15, 0.2) is 6.10 Å². The molecule has 5 nitrogen and oxygen atoms in total. The molecule has 0 N–H and O–H groups in total. The highest BCUT2D eigenvalue weighted by atomic mass is 16.6. The summed E-state index contributed by atoms with van der Waals surface area (Å²) in [5.74, 6) is -0.387. The first kappa shape index (κ1) is 50.6. The van der Waals surface area contributed by atoms with Gasteiger partial charge < -0.3 is 14.2 Å². The highest BCUT2D eigenvalue weighted by molar-refractivity contribution is 5.70. The minimum atomic E-state index is -0.527. The van der Waals surface area contributed by atoms with Crippen LogP contribution in [0.2, 0.25) is 0 Å². The summed E-state index contributed by atoms with van der Waals surface area (Å²) in [5.41, 5.74) is 0. The molecule has 0 aromatic heterocycles. The van der Waals surface area contributed by atoms with E-state index in [-0.39, 0.29) is 18.5 Å². The smallest absolute Gasteiger partial charge is 0.306 e. The van der Waals surface area contributed by atoms with Crippen molar-refractivity contribution in [3.63, 3.8) is 0 Å². The van der Waals surface area contributed by atoms with Crippen LogP contribution in [0.5, 0.6) is 0 Å². The molecule has 1 unspecified atom stereocenters. The Hall–Kier alpha value is -1.36. The van der Waals surface area contributed by atoms with E-state index in [1.165, 1.54) is 180 Å². The van der Waals surface area contributed by atoms with Gasteiger partial charge in [-0.05, 0) is 44.9 Å². The van der Waals surface area contributed by atoms with Crippen molar-refractivity contribution in [3.05, 3.63) is 12.2 Å². The second-order valence-electron chi connectivity index (χ2n) is 15.7. The van der Waals surface area contributed by atoms with E-state index in [0.29, 0.717) is 26.1 Å². The van der Waals surface area contributed by atoms with Crippen molar-refractivity contribution < 1.29 is 23.8 Å². The summed E-state index contributed by atoms with van der Waals surface area (Å²) >= 11 is 0. The fraction of sp³-hybridized carbons (Fsp3) is 0.915. The van der Waals surface area contributed by atoms with Crippen molar-refractivity contribution in [2.24, 2.45) is 0 Å². The zero-order valence-corrected chi connectivity index (χ0v) is 35.4. The van der Waals surface area contributed by atoms with Crippen LogP contribution in [0.3, 0.4) is 0 Å². The number of hydrogen-bond donors (Lipinski definition) is 0. The van der Waals surface area contributed by atoms with Crippen LogP contribution in [0.1, 0.15) is 252 Å². The maximum absolute atomic E-state index is 12.7. The Balaban J connectivity index is 4.21. The van der Waals surface area contributed by atoms with Crippen molar-refractivity contribution in [1.82, 2.24) is 0 Å². The van der Waals surface area contributed by atoms with Crippen LogP contribution in [-0.4, -0.2) is 37.9 Å². The molecule has 1 atom stereocenters. The third kappa shape index (κ3) is 41.4. The van der Waals surface area contributed by atoms with Gasteiger partial charge in [-0.1, -0.05) is 206 Å². The molecule has 0 rings (SSSR count). The SMILES string of the molecule is CCCCCC/C=C\CCCCCCCCOCC(COC(=O)CCCCCCCCCCCCC)OC(=O)CCCCCCCCCCCCC. The van der Waals surface area contributed by atoms with Crippen LogP contribution in [-0.2, 0) is 23.8 Å². The average molecular weight is 735 g/mol. The molecule has 0 saturated carbocycles. The van der Waals surface area contributed by atoms with Crippen LogP contribution in [0.15, 0.2) is 12.2 Å². The molecule has 0 aromatic rings. The van der Waals surface area contributed by atoms with E-state index >= 15 is 0 Å². The topological polar surface area (TPSA) is 61.8 Å². The van der Waals surface area contributed by atoms with Gasteiger partial charge in [-0.2, -0.15) is 0 Å². The Kier molecular flexibility index (Phi) is 42.9. The lowest BCUT2D eigenvalue weighted by molar-refractivity contribution is -0.163. The zero-order valence-electron chi connectivity index (χ0n) is 35.4. The first-order valence-corrected chi connectivity index (χ1v) is 23.2. The number of hydrogen-bond acceptors (Lipinski definition) is 5. The lowest BCUT2D eigenvalue weighted by Crippen LogP contribution is -2.30. The number of rotatable bonds is 43. The summed E-state index contributed by atoms with van der Waals surface area (Å²) in [4.78, 5) is 25.2. The molecular formula is C47H90O5. The normalized spacial score (nSPS) is 12.1. The zero-order chi connectivity index (χ0) is 37.8. The van der Waals surface area contributed by atoms with E-state index in [1.807, 2.05) is 0 Å². The van der Waals surface area contributed by atoms with Gasteiger partial charge in [0.05, 0.1) is 6.61 Å². The lowest BCUT2D eigenvalue weighted by Gasteiger charge is -2.18. The molecule has 0 amide bonds. The molecule has 0 saturated heterocycles. The molecule has 5 heteroatoms. The van der Waals surface area contributed by atoms with E-state index in [0.717, 1.165) is 38.5 Å². The van der Waals surface area contributed by atoms with Gasteiger partial charge in [-0.25, -0.2) is 0 Å². The van der Waals surface area contributed by atoms with Crippen molar-refractivity contribution in [3.8, 4) is 0 Å². The number of allylic oxidation sites excluding steroid dienone is 2. The van der Waals surface area contributed by atoms with E-state index in [2.05, 4.69) is 32.9 Å². The summed E-state index contributed by atoms with van der Waals surface area (Å²) in [6.45, 7) is 7.83. The van der Waals surface area contributed by atoms with Crippen molar-refractivity contribution >= 4 is 11.9 Å². The van der Waals surface area contributed by atoms with E-state index in [4.69, 9.17) is 14.2 Å². The number of ether oxygens (including phenoxy) is 3. The molecular weight excluding hydrogens is 645 g/mol. The van der Waals surface area contributed by atoms with Gasteiger partial charge in [0.25, 0.3) is 0 Å². The summed E-state index contributed by atoms with van der Waals surface area (Å²) in [6, 6.07) is 0. The maximum atomic E-state index is 12.7. The van der Waals surface area contributed by atoms with E-state index < -0.39 is 6.10 Å². The molecule has 0 radical (unpaired) electrons. The number of unbranched alkanes of at least 4 members (excludes halogenated alkanes) is 30. The molecule has 0 aromatic carbocycles. The standard InChI is InChI=1S/C47H90O5/c1-4-7-10-13-16-19-22-23-24-27-30-33-36-39-42-50-43-45(52-47(49)41-38-35-32-29-26-21-18-15-12-9-6-3)44-51-46(48)40-37-34-31-28-25-20-17-14-11-8-5-2/h19,22,45H,4-18,20-21,23-44H2,1-3H3/b22-19-. The second kappa shape index (κ2) is 44.0. The highest BCUT2D eigenvalue weighted by Gasteiger charge is 2.17. The third-order valence-electron chi connectivity index (χ3n) is 10.3. The van der Waals surface area contributed by atoms with Crippen molar-refractivity contribution in [2.75, 3.05) is 19.8 Å². The van der Waals surface area contributed by atoms with Crippen LogP contribution in [0.4, 0.5) is 0 Å². The summed E-state index contributed by atoms with van der Waals surface area (Å²) in [5, 5.41) is 0. The van der Waals surface area contributed by atoms with Gasteiger partial charge in [0.2, 0.25) is 0 Å². The Labute approximate surface area is 325 Å². The average Bonchev–Trinajstić information content (AvgIpc) is 3.14. The van der Waals surface area contributed by atoms with Crippen LogP contribution < -0.4 is 0 Å². The molecule has 0 aliphatic carbocycles. The van der Waals surface area contributed by atoms with Crippen LogP contribution in [0.25, 0.3) is 0 Å². The molecule has 0 bridgehead atoms. The predicted molar refractivity (Wildman–Crippen MR) is 224 cm³/mol. The van der Waals surface area contributed by atoms with Gasteiger partial charge in [0.1, 0.15) is 6.61 Å². The van der Waals surface area contributed by atoms with Gasteiger partial charge in [0, 0.05) is 19.4 Å². The molecule has 0 aliphatic heterocycles. The minimum Gasteiger partial charge on any atom is -0.462 e. The van der Waals surface area contributed by atoms with Gasteiger partial charge >= 0.3 is 11.9 Å². The fourth-order valence-electron chi connectivity index (χ4n) is 6.80. The monoisotopic (exact) mass is 735 g/mol. The Morgan fingerprint density at radius 2 is 0.750 bits per heavy atom. The molecule has 0 spiro atoms. The van der Waals surface area contributed by atoms with Crippen LogP contribution >= 0.6 is 0 Å². The van der Waals surface area contributed by atoms with Crippen molar-refractivity contribution in [1.29, 1.82) is 0 Å². The molecule has 308 valence electrons. The Morgan fingerprint density at radius 1 is 0.404 bits per heavy atom. The summed E-state index contributed by atoms with van der Waals surface area (Å²) in [6.07, 6.45) is 47.7. The second-order valence-corrected chi connectivity index (χ2v) is 15.7. The van der Waals surface area contributed by atoms with Crippen LogP contribution in [0, 0.1) is 0 Å². The third-order valence-corrected chi connectivity index (χ3v) is 10.3. The molecule has 52 heavy (non-hydrogen) atoms. The van der Waals surface area contributed by atoms with Gasteiger partial charge in [-0.15, -0.1) is 0 Å². The summed E-state index contributed by atoms with van der Waals surface area (Å²) < 4.78 is 17.3. The largest absolute Gasteiger partial charge is 0.462 e. The quantitative estimate of drug-likeness (QED) is 0.0355. The number of esters is 2. The minimum absolute atomic E-state index is 0.0913. The predicted octanol–water partition coefficient (Wildman–Crippen LogP) is 15.1. The highest BCUT2D eigenvalue weighted by Crippen LogP contribution is 2.15. The van der Waals surface area contributed by atoms with Gasteiger partial charge in [-0.3, -0.25) is 9.59 Å². The molecule has 0 heterocycles. The lowest BCUT2D eigenvalue weighted by atomic mass is 10.1. The van der Waals surface area contributed by atoms with Crippen molar-refractivity contribution in [2.45, 2.75) is 258 Å². The fourth-order valence-corrected chi connectivity index (χ4v) is 6.80. The maximum Gasteiger partial charge on any atom is 0.306 e. The van der Waals surface area contributed by atoms with E-state index in [9.17, 15) is 9.59 Å². The summed E-state index contributed by atoms with van der Waals surface area (Å²) in [7, 11) is 0. The van der Waals surface area contributed by atoms with E-state index in [1.54, 1.807) is 0 Å². The first-order chi connectivity index (χ1) is 25.6. The Morgan fingerprint density at radius 3 is 1.19 bits per heavy atom. The number of carbonyl (C=O) groups excluding carboxylic acids is 2. The first-order valence-electron chi connectivity index (χ1n) is 23.2. The number of carbonyl (C=O) groups is 2. The molecule has 0 fully saturated rings. The Bertz CT molecular complexity index is 750.